The Bertz CT molecular complexity index is 1100. The number of halogens is 2. The molecule has 1 saturated heterocycles. The third-order valence-corrected chi connectivity index (χ3v) is 6.11. The first-order chi connectivity index (χ1) is 15.6. The van der Waals surface area contributed by atoms with Crippen LogP contribution in [0, 0.1) is 11.6 Å². The smallest absolute Gasteiger partial charge is 0.237 e. The van der Waals surface area contributed by atoms with Crippen molar-refractivity contribution >= 4 is 17.4 Å². The summed E-state index contributed by atoms with van der Waals surface area (Å²) in [6, 6.07) is 12.3. The van der Waals surface area contributed by atoms with Gasteiger partial charge < -0.3 is 14.8 Å². The van der Waals surface area contributed by atoms with Crippen LogP contribution >= 0.6 is 0 Å². The zero-order chi connectivity index (χ0) is 22.1. The van der Waals surface area contributed by atoms with Crippen LogP contribution in [0.1, 0.15) is 18.7 Å². The number of imidazole rings is 1. The Balaban J connectivity index is 1.44. The molecule has 1 amide bonds. The second-order valence-electron chi connectivity index (χ2n) is 8.31. The Morgan fingerprint density at radius 1 is 0.906 bits per heavy atom. The van der Waals surface area contributed by atoms with Gasteiger partial charge in [-0.1, -0.05) is 0 Å². The van der Waals surface area contributed by atoms with E-state index in [-0.39, 0.29) is 17.5 Å². The third-order valence-electron chi connectivity index (χ3n) is 6.11. The molecule has 6 nitrogen and oxygen atoms in total. The maximum absolute atomic E-state index is 13.5. The number of anilines is 2. The predicted octanol–water partition coefficient (Wildman–Crippen LogP) is 4.01. The molecular formula is C24H25F2N5O. The SMILES string of the molecule is O=C(CN1CCCC1)N1CCn2c(nc(-c3ccc(F)cc3)c2Nc2ccc(F)cc2)C1. The number of carbonyl (C=O) groups excluding carboxylic acids is 1. The van der Waals surface area contributed by atoms with E-state index >= 15 is 0 Å². The summed E-state index contributed by atoms with van der Waals surface area (Å²) < 4.78 is 28.9. The van der Waals surface area contributed by atoms with Gasteiger partial charge in [-0.05, 0) is 74.5 Å². The Hall–Kier alpha value is -3.26. The summed E-state index contributed by atoms with van der Waals surface area (Å²) in [6.07, 6.45) is 2.30. The van der Waals surface area contributed by atoms with Crippen LogP contribution in [0.3, 0.4) is 0 Å². The second kappa shape index (κ2) is 8.70. The molecule has 2 aromatic carbocycles. The molecule has 2 aliphatic rings. The zero-order valence-electron chi connectivity index (χ0n) is 17.7. The summed E-state index contributed by atoms with van der Waals surface area (Å²) in [7, 11) is 0. The van der Waals surface area contributed by atoms with Crippen LogP contribution in [0.4, 0.5) is 20.3 Å². The van der Waals surface area contributed by atoms with Crippen LogP contribution in [-0.2, 0) is 17.9 Å². The van der Waals surface area contributed by atoms with Gasteiger partial charge in [-0.2, -0.15) is 0 Å². The number of fused-ring (bicyclic) bond motifs is 1. The minimum atomic E-state index is -0.315. The molecule has 0 radical (unpaired) electrons. The number of hydrogen-bond donors (Lipinski definition) is 1. The fourth-order valence-electron chi connectivity index (χ4n) is 4.38. The fraction of sp³-hybridized carbons (Fsp3) is 0.333. The van der Waals surface area contributed by atoms with Gasteiger partial charge in [0.15, 0.2) is 0 Å². The highest BCUT2D eigenvalue weighted by Crippen LogP contribution is 2.33. The number of carbonyl (C=O) groups is 1. The predicted molar refractivity (Wildman–Crippen MR) is 118 cm³/mol. The number of nitrogens with zero attached hydrogens (tertiary/aromatic N) is 4. The van der Waals surface area contributed by atoms with Gasteiger partial charge in [0.25, 0.3) is 0 Å². The lowest BCUT2D eigenvalue weighted by Gasteiger charge is -2.30. The lowest BCUT2D eigenvalue weighted by Crippen LogP contribution is -2.43. The Labute approximate surface area is 185 Å². The monoisotopic (exact) mass is 437 g/mol. The lowest BCUT2D eigenvalue weighted by atomic mass is 10.1. The van der Waals surface area contributed by atoms with Crippen molar-refractivity contribution in [3.63, 3.8) is 0 Å². The molecule has 0 atom stereocenters. The highest BCUT2D eigenvalue weighted by atomic mass is 19.1. The number of likely N-dealkylation sites (tertiary alicyclic amines) is 1. The van der Waals surface area contributed by atoms with Crippen molar-refractivity contribution in [1.29, 1.82) is 0 Å². The fourth-order valence-corrected chi connectivity index (χ4v) is 4.38. The van der Waals surface area contributed by atoms with Gasteiger partial charge in [-0.25, -0.2) is 13.8 Å². The minimum Gasteiger partial charge on any atom is -0.340 e. The van der Waals surface area contributed by atoms with Crippen molar-refractivity contribution in [2.24, 2.45) is 0 Å². The summed E-state index contributed by atoms with van der Waals surface area (Å²) in [5.74, 6) is 1.03. The van der Waals surface area contributed by atoms with Crippen molar-refractivity contribution in [3.8, 4) is 11.3 Å². The van der Waals surface area contributed by atoms with E-state index in [2.05, 4.69) is 14.8 Å². The number of hydrogen-bond acceptors (Lipinski definition) is 4. The van der Waals surface area contributed by atoms with Crippen LogP contribution < -0.4 is 5.32 Å². The molecule has 0 aliphatic carbocycles. The average Bonchev–Trinajstić information content (AvgIpc) is 3.43. The molecule has 3 heterocycles. The first kappa shape index (κ1) is 20.6. The summed E-state index contributed by atoms with van der Waals surface area (Å²) >= 11 is 0. The molecule has 3 aromatic rings. The van der Waals surface area contributed by atoms with Crippen molar-refractivity contribution < 1.29 is 13.6 Å². The summed E-state index contributed by atoms with van der Waals surface area (Å²) in [4.78, 5) is 21.7. The van der Waals surface area contributed by atoms with Crippen molar-refractivity contribution in [1.82, 2.24) is 19.4 Å². The quantitative estimate of drug-likeness (QED) is 0.655. The van der Waals surface area contributed by atoms with Gasteiger partial charge in [-0.15, -0.1) is 0 Å². The van der Waals surface area contributed by atoms with Gasteiger partial charge >= 0.3 is 0 Å². The molecule has 0 spiro atoms. The number of benzene rings is 2. The Morgan fingerprint density at radius 2 is 1.56 bits per heavy atom. The van der Waals surface area contributed by atoms with Gasteiger partial charge in [-0.3, -0.25) is 9.69 Å². The number of rotatable bonds is 5. The first-order valence-corrected chi connectivity index (χ1v) is 10.9. The molecular weight excluding hydrogens is 412 g/mol. The van der Waals surface area contributed by atoms with Gasteiger partial charge in [0.1, 0.15) is 29.0 Å². The number of amides is 1. The Morgan fingerprint density at radius 3 is 2.25 bits per heavy atom. The van der Waals surface area contributed by atoms with Crippen molar-refractivity contribution in [3.05, 3.63) is 66.0 Å². The molecule has 2 aliphatic heterocycles. The van der Waals surface area contributed by atoms with E-state index in [9.17, 15) is 13.6 Å². The average molecular weight is 437 g/mol. The standard InChI is InChI=1S/C24H25F2N5O/c25-18-5-3-17(4-6-18)23-24(27-20-9-7-19(26)8-10-20)31-14-13-30(15-21(31)28-23)22(32)16-29-11-1-2-12-29/h3-10,27H,1-2,11-16H2. The van der Waals surface area contributed by atoms with E-state index in [1.54, 1.807) is 24.3 Å². The largest absolute Gasteiger partial charge is 0.340 e. The molecule has 8 heteroatoms. The van der Waals surface area contributed by atoms with Gasteiger partial charge in [0.2, 0.25) is 5.91 Å². The Kier molecular flexibility index (Phi) is 5.61. The van der Waals surface area contributed by atoms with E-state index in [4.69, 9.17) is 4.98 Å². The maximum Gasteiger partial charge on any atom is 0.237 e. The zero-order valence-corrected chi connectivity index (χ0v) is 17.7. The lowest BCUT2D eigenvalue weighted by molar-refractivity contribution is -0.133. The van der Waals surface area contributed by atoms with Crippen LogP contribution in [0.25, 0.3) is 11.3 Å². The molecule has 166 valence electrons. The number of nitrogens with one attached hydrogen (secondary N) is 1. The van der Waals surface area contributed by atoms with Crippen LogP contribution in [0.2, 0.25) is 0 Å². The highest BCUT2D eigenvalue weighted by Gasteiger charge is 2.28. The maximum atomic E-state index is 13.5. The van der Waals surface area contributed by atoms with E-state index in [0.29, 0.717) is 31.9 Å². The molecule has 0 saturated carbocycles. The van der Waals surface area contributed by atoms with Crippen LogP contribution in [0.5, 0.6) is 0 Å². The second-order valence-corrected chi connectivity index (χ2v) is 8.31. The highest BCUT2D eigenvalue weighted by molar-refractivity contribution is 5.79. The molecule has 1 aromatic heterocycles. The van der Waals surface area contributed by atoms with Crippen molar-refractivity contribution in [2.75, 3.05) is 31.5 Å². The van der Waals surface area contributed by atoms with E-state index in [0.717, 1.165) is 48.8 Å². The molecule has 0 unspecified atom stereocenters. The van der Waals surface area contributed by atoms with E-state index < -0.39 is 0 Å². The normalized spacial score (nSPS) is 16.2. The van der Waals surface area contributed by atoms with Gasteiger partial charge in [0.05, 0.1) is 13.1 Å². The molecule has 1 fully saturated rings. The summed E-state index contributed by atoms with van der Waals surface area (Å²) in [6.45, 7) is 4.03. The molecule has 0 bridgehead atoms. The van der Waals surface area contributed by atoms with E-state index in [1.807, 2.05) is 4.90 Å². The van der Waals surface area contributed by atoms with E-state index in [1.165, 1.54) is 24.3 Å². The van der Waals surface area contributed by atoms with Crippen LogP contribution in [0.15, 0.2) is 48.5 Å². The van der Waals surface area contributed by atoms with Gasteiger partial charge in [0, 0.05) is 24.3 Å². The molecule has 1 N–H and O–H groups in total. The van der Waals surface area contributed by atoms with Crippen molar-refractivity contribution in [2.45, 2.75) is 25.9 Å². The number of aromatic nitrogens is 2. The first-order valence-electron chi connectivity index (χ1n) is 10.9. The van der Waals surface area contributed by atoms with Crippen LogP contribution in [-0.4, -0.2) is 51.4 Å². The third kappa shape index (κ3) is 4.23. The molecule has 32 heavy (non-hydrogen) atoms. The topological polar surface area (TPSA) is 53.4 Å². The summed E-state index contributed by atoms with van der Waals surface area (Å²) in [5.41, 5.74) is 2.18. The minimum absolute atomic E-state index is 0.123. The summed E-state index contributed by atoms with van der Waals surface area (Å²) in [5, 5.41) is 3.35. The molecule has 5 rings (SSSR count).